The molecule has 0 amide bonds. The predicted octanol–water partition coefficient (Wildman–Crippen LogP) is 9.65. The normalized spacial score (nSPS) is 18.0. The zero-order valence-electron chi connectivity index (χ0n) is 28.1. The van der Waals surface area contributed by atoms with Crippen molar-refractivity contribution >= 4 is 11.1 Å². The molecule has 0 saturated carbocycles. The highest BCUT2D eigenvalue weighted by atomic mass is 16.5. The van der Waals surface area contributed by atoms with Crippen LogP contribution in [0.4, 0.5) is 0 Å². The summed E-state index contributed by atoms with van der Waals surface area (Å²) in [7, 11) is 4.10. The first-order chi connectivity index (χ1) is 21.0. The zero-order chi connectivity index (χ0) is 30.4. The van der Waals surface area contributed by atoms with E-state index in [-0.39, 0.29) is 0 Å². The van der Waals surface area contributed by atoms with E-state index in [1.165, 1.54) is 112 Å². The highest BCUT2D eigenvalue weighted by molar-refractivity contribution is 5.83. The molecule has 4 heteroatoms. The third-order valence-electron chi connectivity index (χ3n) is 9.91. The lowest BCUT2D eigenvalue weighted by Crippen LogP contribution is -2.30. The van der Waals surface area contributed by atoms with E-state index in [0.717, 1.165) is 61.2 Å². The van der Waals surface area contributed by atoms with Gasteiger partial charge in [-0.3, -0.25) is 0 Å². The molecule has 1 aromatic carbocycles. The summed E-state index contributed by atoms with van der Waals surface area (Å²) >= 11 is 0. The van der Waals surface area contributed by atoms with Crippen LogP contribution in [-0.4, -0.2) is 45.2 Å². The monoisotopic (exact) mass is 588 g/mol. The fraction of sp³-hybridized carbons (Fsp3) is 0.641. The number of methoxy groups -OCH3 is 1. The highest BCUT2D eigenvalue weighted by Gasteiger charge is 2.18. The van der Waals surface area contributed by atoms with Crippen molar-refractivity contribution in [2.24, 2.45) is 11.8 Å². The van der Waals surface area contributed by atoms with Crippen LogP contribution in [0.1, 0.15) is 119 Å². The van der Waals surface area contributed by atoms with Crippen LogP contribution in [0, 0.1) is 18.8 Å². The van der Waals surface area contributed by atoms with Crippen molar-refractivity contribution in [2.75, 3.05) is 40.3 Å². The number of nitrogens with zero attached hydrogens (tertiary/aromatic N) is 1. The predicted molar refractivity (Wildman–Crippen MR) is 184 cm³/mol. The lowest BCUT2D eigenvalue weighted by atomic mass is 9.88. The Morgan fingerprint density at radius 3 is 2.44 bits per heavy atom. The molecule has 238 valence electrons. The third-order valence-corrected chi connectivity index (χ3v) is 9.91. The maximum atomic E-state index is 6.29. The van der Waals surface area contributed by atoms with Crippen LogP contribution in [0.15, 0.2) is 40.8 Å². The fourth-order valence-corrected chi connectivity index (χ4v) is 7.06. The number of ether oxygens (including phenoxy) is 1. The molecule has 43 heavy (non-hydrogen) atoms. The molecule has 3 heterocycles. The lowest BCUT2D eigenvalue weighted by Gasteiger charge is -2.28. The largest absolute Gasteiger partial charge is 0.496 e. The Morgan fingerprint density at radius 1 is 1.00 bits per heavy atom. The van der Waals surface area contributed by atoms with E-state index in [0.29, 0.717) is 0 Å². The van der Waals surface area contributed by atoms with E-state index in [2.05, 4.69) is 74.5 Å². The van der Waals surface area contributed by atoms with Crippen molar-refractivity contribution in [3.05, 3.63) is 64.6 Å². The first-order valence-corrected chi connectivity index (χ1v) is 17.6. The second-order valence-electron chi connectivity index (χ2n) is 13.3. The molecule has 0 spiro atoms. The molecule has 0 bridgehead atoms. The van der Waals surface area contributed by atoms with Crippen LogP contribution in [-0.2, 0) is 12.8 Å². The quantitative estimate of drug-likeness (QED) is 0.156. The van der Waals surface area contributed by atoms with Crippen molar-refractivity contribution < 1.29 is 9.15 Å². The molecule has 2 fully saturated rings. The van der Waals surface area contributed by atoms with Crippen LogP contribution in [0.2, 0.25) is 0 Å². The van der Waals surface area contributed by atoms with Crippen LogP contribution in [0.25, 0.3) is 11.1 Å². The minimum Gasteiger partial charge on any atom is -0.496 e. The van der Waals surface area contributed by atoms with Crippen molar-refractivity contribution in [3.8, 4) is 5.75 Å². The van der Waals surface area contributed by atoms with Gasteiger partial charge in [-0.05, 0) is 156 Å². The molecule has 2 saturated heterocycles. The lowest BCUT2D eigenvalue weighted by molar-refractivity contribution is 0.210. The summed E-state index contributed by atoms with van der Waals surface area (Å²) in [5, 5.41) is 3.50. The Kier molecular flexibility index (Phi) is 14.0. The number of aryl methyl sites for hydroxylation is 3. The van der Waals surface area contributed by atoms with Crippen molar-refractivity contribution in [2.45, 2.75) is 111 Å². The Balaban J connectivity index is 1.55. The molecule has 2 aliphatic rings. The van der Waals surface area contributed by atoms with Gasteiger partial charge in [0, 0.05) is 12.0 Å². The van der Waals surface area contributed by atoms with Crippen molar-refractivity contribution in [3.63, 3.8) is 0 Å². The molecule has 0 aliphatic carbocycles. The second-order valence-corrected chi connectivity index (χ2v) is 13.3. The van der Waals surface area contributed by atoms with Gasteiger partial charge in [0.25, 0.3) is 0 Å². The Bertz CT molecular complexity index is 1160. The summed E-state index contributed by atoms with van der Waals surface area (Å²) in [4.78, 5) is 2.48. The molecule has 0 radical (unpaired) electrons. The van der Waals surface area contributed by atoms with Gasteiger partial charge in [0.05, 0.1) is 7.11 Å². The molecule has 4 rings (SSSR count). The number of piperidine rings is 2. The highest BCUT2D eigenvalue weighted by Crippen LogP contribution is 2.35. The minimum absolute atomic E-state index is 0.875. The van der Waals surface area contributed by atoms with E-state index >= 15 is 0 Å². The average molecular weight is 589 g/mol. The number of allylic oxidation sites excluding steroid dienone is 4. The van der Waals surface area contributed by atoms with E-state index in [4.69, 9.17) is 9.15 Å². The molecule has 4 nitrogen and oxygen atoms in total. The summed E-state index contributed by atoms with van der Waals surface area (Å²) in [6.07, 6.45) is 21.9. The van der Waals surface area contributed by atoms with Gasteiger partial charge < -0.3 is 19.4 Å². The molecule has 1 aromatic heterocycles. The SMILES string of the molecule is CCC/C=C(/C=C(/CCCCC1CCN(C)CC1)c1cc(OC)c(CCCC2CCNCC2)cc1C)c1ccc(CC)o1. The summed E-state index contributed by atoms with van der Waals surface area (Å²) in [5.74, 6) is 4.86. The Morgan fingerprint density at radius 2 is 1.74 bits per heavy atom. The number of hydrogen-bond donors (Lipinski definition) is 1. The molecule has 0 atom stereocenters. The van der Waals surface area contributed by atoms with E-state index in [1.807, 2.05) is 7.11 Å². The number of furan rings is 1. The van der Waals surface area contributed by atoms with Gasteiger partial charge in [-0.25, -0.2) is 0 Å². The summed E-state index contributed by atoms with van der Waals surface area (Å²) in [6, 6.07) is 9.06. The molecule has 2 aliphatic heterocycles. The smallest absolute Gasteiger partial charge is 0.133 e. The van der Waals surface area contributed by atoms with Crippen LogP contribution < -0.4 is 10.1 Å². The molecule has 2 aromatic rings. The maximum absolute atomic E-state index is 6.29. The minimum atomic E-state index is 0.875. The zero-order valence-corrected chi connectivity index (χ0v) is 28.1. The summed E-state index contributed by atoms with van der Waals surface area (Å²) < 4.78 is 12.3. The summed E-state index contributed by atoms with van der Waals surface area (Å²) in [6.45, 7) is 11.6. The topological polar surface area (TPSA) is 37.6 Å². The fourth-order valence-electron chi connectivity index (χ4n) is 7.06. The average Bonchev–Trinajstić information content (AvgIpc) is 3.51. The van der Waals surface area contributed by atoms with Gasteiger partial charge in [0.1, 0.15) is 17.3 Å². The molecular formula is C39H60N2O2. The van der Waals surface area contributed by atoms with Crippen molar-refractivity contribution in [1.29, 1.82) is 0 Å². The van der Waals surface area contributed by atoms with Gasteiger partial charge in [0.15, 0.2) is 0 Å². The number of benzene rings is 1. The molecule has 1 N–H and O–H groups in total. The van der Waals surface area contributed by atoms with E-state index < -0.39 is 0 Å². The second kappa shape index (κ2) is 17.9. The maximum Gasteiger partial charge on any atom is 0.133 e. The van der Waals surface area contributed by atoms with Gasteiger partial charge in [-0.1, -0.05) is 51.7 Å². The number of rotatable bonds is 16. The summed E-state index contributed by atoms with van der Waals surface area (Å²) in [5.41, 5.74) is 6.69. The Labute approximate surface area is 263 Å². The first kappa shape index (κ1) is 33.6. The van der Waals surface area contributed by atoms with E-state index in [9.17, 15) is 0 Å². The number of nitrogens with one attached hydrogen (secondary N) is 1. The van der Waals surface area contributed by atoms with Gasteiger partial charge >= 0.3 is 0 Å². The van der Waals surface area contributed by atoms with E-state index in [1.54, 1.807) is 0 Å². The first-order valence-electron chi connectivity index (χ1n) is 17.6. The Hall–Kier alpha value is -2.30. The number of likely N-dealkylation sites (tertiary alicyclic amines) is 1. The van der Waals surface area contributed by atoms with Gasteiger partial charge in [0.2, 0.25) is 0 Å². The number of unbranched alkanes of at least 4 members (excludes halogenated alkanes) is 2. The van der Waals surface area contributed by atoms with Gasteiger partial charge in [-0.15, -0.1) is 0 Å². The van der Waals surface area contributed by atoms with Crippen molar-refractivity contribution in [1.82, 2.24) is 10.2 Å². The standard InChI is InChI=1S/C39H60N2O2/c1-6-8-14-35(38-18-17-36(7-2)43-38)28-33(15-10-9-12-32-21-25-41(4)26-22-32)37-29-39(42-5)34(27-30(37)3)16-11-13-31-19-23-40-24-20-31/h14,17-18,27-29,31-32,40H,6-13,15-16,19-26H2,1-5H3/b33-28-,35-14-. The van der Waals surface area contributed by atoms with Crippen LogP contribution >= 0.6 is 0 Å². The molecular weight excluding hydrogens is 528 g/mol. The van der Waals surface area contributed by atoms with Crippen LogP contribution in [0.3, 0.4) is 0 Å². The number of hydrogen-bond acceptors (Lipinski definition) is 4. The van der Waals surface area contributed by atoms with Crippen LogP contribution in [0.5, 0.6) is 5.75 Å². The third kappa shape index (κ3) is 10.4. The van der Waals surface area contributed by atoms with Gasteiger partial charge in [-0.2, -0.15) is 0 Å². The molecule has 0 unspecified atom stereocenters.